The minimum Gasteiger partial charge on any atom is -0.387 e. The Hall–Kier alpha value is -2.96. The lowest BCUT2D eigenvalue weighted by atomic mass is 9.87. The summed E-state index contributed by atoms with van der Waals surface area (Å²) < 4.78 is 50.5. The number of fused-ring (bicyclic) bond motifs is 5. The molecule has 2 aromatic rings. The standard InChI is InChI=1S/C39H44O9/c1-3-7-29-28(41-2)16-17-31-30(45-29)18-19-32-34(46-31)21-35-38(48-32)36(40)37-33(47-35)11-6-10-26(43-37)14-15-27-22-42-39(44-27)25-13-12-23-8-4-5-9-24(23)20-25/h3-6,8-10,12-20,26-40H,1,7,11,21-22H2,2H3/t26-,27?,28+,29-,30+,31-,32-,33+,34+,35-,36-,37+,38-,39?/m1/s1. The fourth-order valence-electron chi connectivity index (χ4n) is 7.71. The molecule has 3 saturated heterocycles. The molecule has 9 nitrogen and oxygen atoms in total. The first-order chi connectivity index (χ1) is 23.6. The van der Waals surface area contributed by atoms with Crippen LogP contribution in [0.4, 0.5) is 0 Å². The molecule has 0 aliphatic carbocycles. The molecule has 0 amide bonds. The highest BCUT2D eigenvalue weighted by atomic mass is 16.7. The largest absolute Gasteiger partial charge is 0.387 e. The van der Waals surface area contributed by atoms with Crippen LogP contribution in [0, 0.1) is 0 Å². The molecule has 6 heterocycles. The summed E-state index contributed by atoms with van der Waals surface area (Å²) in [6.07, 6.45) is 14.7. The lowest BCUT2D eigenvalue weighted by Gasteiger charge is -2.49. The van der Waals surface area contributed by atoms with Gasteiger partial charge in [0, 0.05) is 19.1 Å². The average Bonchev–Trinajstić information content (AvgIpc) is 3.29. The summed E-state index contributed by atoms with van der Waals surface area (Å²) in [4.78, 5) is 0. The smallest absolute Gasteiger partial charge is 0.184 e. The third-order valence-electron chi connectivity index (χ3n) is 10.2. The Morgan fingerprint density at radius 1 is 0.812 bits per heavy atom. The highest BCUT2D eigenvalue weighted by Gasteiger charge is 2.52. The van der Waals surface area contributed by atoms with Crippen LogP contribution in [0.15, 0.2) is 104 Å². The van der Waals surface area contributed by atoms with E-state index in [1.807, 2.05) is 60.7 Å². The van der Waals surface area contributed by atoms with Gasteiger partial charge in [-0.1, -0.05) is 91.1 Å². The van der Waals surface area contributed by atoms with Crippen LogP contribution in [0.2, 0.25) is 0 Å². The first-order valence-corrected chi connectivity index (χ1v) is 17.1. The van der Waals surface area contributed by atoms with Gasteiger partial charge in [0.25, 0.3) is 0 Å². The van der Waals surface area contributed by atoms with Crippen LogP contribution in [0.25, 0.3) is 10.8 Å². The van der Waals surface area contributed by atoms with Crippen LogP contribution in [-0.2, 0) is 37.9 Å². The van der Waals surface area contributed by atoms with Gasteiger partial charge in [0.2, 0.25) is 0 Å². The van der Waals surface area contributed by atoms with Crippen molar-refractivity contribution in [2.24, 2.45) is 0 Å². The highest BCUT2D eigenvalue weighted by Crippen LogP contribution is 2.39. The highest BCUT2D eigenvalue weighted by molar-refractivity contribution is 5.83. The maximum atomic E-state index is 11.7. The van der Waals surface area contributed by atoms with Crippen LogP contribution in [0.3, 0.4) is 0 Å². The molecule has 254 valence electrons. The van der Waals surface area contributed by atoms with Crippen molar-refractivity contribution in [2.45, 2.75) is 105 Å². The minimum absolute atomic E-state index is 0.168. The quantitative estimate of drug-likeness (QED) is 0.429. The first kappa shape index (κ1) is 32.3. The van der Waals surface area contributed by atoms with E-state index in [1.54, 1.807) is 7.11 Å². The second-order valence-electron chi connectivity index (χ2n) is 13.3. The van der Waals surface area contributed by atoms with Crippen molar-refractivity contribution in [3.8, 4) is 0 Å². The number of hydrogen-bond acceptors (Lipinski definition) is 9. The summed E-state index contributed by atoms with van der Waals surface area (Å²) in [7, 11) is 1.68. The number of aliphatic hydroxyl groups excluding tert-OH is 1. The van der Waals surface area contributed by atoms with Crippen molar-refractivity contribution in [3.05, 3.63) is 109 Å². The zero-order chi connectivity index (χ0) is 32.6. The van der Waals surface area contributed by atoms with Crippen LogP contribution < -0.4 is 0 Å². The monoisotopic (exact) mass is 656 g/mol. The van der Waals surface area contributed by atoms with E-state index in [-0.39, 0.29) is 61.0 Å². The average molecular weight is 657 g/mol. The molecule has 0 radical (unpaired) electrons. The molecule has 6 aliphatic rings. The molecule has 0 aromatic heterocycles. The van der Waals surface area contributed by atoms with Crippen LogP contribution in [0.1, 0.15) is 31.1 Å². The van der Waals surface area contributed by atoms with E-state index >= 15 is 0 Å². The van der Waals surface area contributed by atoms with Crippen molar-refractivity contribution in [1.82, 2.24) is 0 Å². The van der Waals surface area contributed by atoms with Crippen LogP contribution in [0.5, 0.6) is 0 Å². The summed E-state index contributed by atoms with van der Waals surface area (Å²) in [6.45, 7) is 4.33. The maximum Gasteiger partial charge on any atom is 0.184 e. The predicted molar refractivity (Wildman–Crippen MR) is 178 cm³/mol. The van der Waals surface area contributed by atoms with E-state index in [0.29, 0.717) is 25.9 Å². The van der Waals surface area contributed by atoms with Gasteiger partial charge in [0.1, 0.15) is 48.8 Å². The van der Waals surface area contributed by atoms with Gasteiger partial charge < -0.3 is 43.0 Å². The fourth-order valence-corrected chi connectivity index (χ4v) is 7.71. The molecule has 0 spiro atoms. The van der Waals surface area contributed by atoms with Crippen LogP contribution in [-0.4, -0.2) is 98.2 Å². The summed E-state index contributed by atoms with van der Waals surface area (Å²) in [5.41, 5.74) is 0.994. The molecule has 9 heteroatoms. The van der Waals surface area contributed by atoms with E-state index in [9.17, 15) is 5.11 Å². The van der Waals surface area contributed by atoms with Gasteiger partial charge >= 0.3 is 0 Å². The molecule has 8 rings (SSSR count). The second kappa shape index (κ2) is 14.1. The molecular weight excluding hydrogens is 612 g/mol. The van der Waals surface area contributed by atoms with E-state index in [1.165, 1.54) is 5.39 Å². The number of hydrogen-bond donors (Lipinski definition) is 1. The molecule has 2 unspecified atom stereocenters. The lowest BCUT2D eigenvalue weighted by Crippen LogP contribution is -2.63. The summed E-state index contributed by atoms with van der Waals surface area (Å²) in [6, 6.07) is 14.5. The third-order valence-corrected chi connectivity index (χ3v) is 10.2. The molecule has 3 fully saturated rings. The number of benzene rings is 2. The van der Waals surface area contributed by atoms with Crippen molar-refractivity contribution in [3.63, 3.8) is 0 Å². The van der Waals surface area contributed by atoms with E-state index in [0.717, 1.165) is 10.9 Å². The Morgan fingerprint density at radius 2 is 1.62 bits per heavy atom. The zero-order valence-corrected chi connectivity index (χ0v) is 27.1. The fraction of sp³-hybridized carbons (Fsp3) is 0.487. The van der Waals surface area contributed by atoms with Gasteiger partial charge in [0.05, 0.1) is 37.1 Å². The zero-order valence-electron chi connectivity index (χ0n) is 27.1. The second-order valence-corrected chi connectivity index (χ2v) is 13.3. The summed E-state index contributed by atoms with van der Waals surface area (Å²) >= 11 is 0. The number of aliphatic hydroxyl groups is 1. The van der Waals surface area contributed by atoms with Crippen molar-refractivity contribution in [1.29, 1.82) is 0 Å². The Kier molecular flexibility index (Phi) is 9.48. The molecule has 0 bridgehead atoms. The molecule has 6 aliphatic heterocycles. The van der Waals surface area contributed by atoms with Gasteiger partial charge in [-0.3, -0.25) is 0 Å². The van der Waals surface area contributed by atoms with Gasteiger partial charge in [0.15, 0.2) is 6.29 Å². The number of ether oxygens (including phenoxy) is 8. The SMILES string of the molecule is C=CC[C@H]1O[C@H]2C=C[C@H]3O[C@H]4[C@H](O)[C@H]5O[C@@H](C=CC6COC(c7ccc8ccccc8c7)O6)C=CC[C@@H]5O[C@@H]4C[C@@H]3O[C@@H]2C=C[C@@H]1OC. The van der Waals surface area contributed by atoms with Crippen molar-refractivity contribution >= 4 is 10.8 Å². The molecular formula is C39H44O9. The van der Waals surface area contributed by atoms with E-state index in [4.69, 9.17) is 37.9 Å². The number of rotatable bonds is 6. The maximum absolute atomic E-state index is 11.7. The van der Waals surface area contributed by atoms with Gasteiger partial charge in [-0.2, -0.15) is 0 Å². The first-order valence-electron chi connectivity index (χ1n) is 17.1. The van der Waals surface area contributed by atoms with Crippen molar-refractivity contribution < 1.29 is 43.0 Å². The molecule has 2 aromatic carbocycles. The predicted octanol–water partition coefficient (Wildman–Crippen LogP) is 5.05. The normalized spacial score (nSPS) is 42.3. The Morgan fingerprint density at radius 3 is 2.50 bits per heavy atom. The van der Waals surface area contributed by atoms with Gasteiger partial charge in [-0.15, -0.1) is 6.58 Å². The minimum atomic E-state index is -0.869. The molecule has 48 heavy (non-hydrogen) atoms. The Labute approximate surface area is 281 Å². The topological polar surface area (TPSA) is 94.1 Å². The Bertz CT molecular complexity index is 1570. The lowest BCUT2D eigenvalue weighted by molar-refractivity contribution is -0.287. The van der Waals surface area contributed by atoms with Gasteiger partial charge in [-0.25, -0.2) is 0 Å². The Balaban J connectivity index is 0.905. The van der Waals surface area contributed by atoms with Crippen LogP contribution >= 0.6 is 0 Å². The molecule has 1 N–H and O–H groups in total. The van der Waals surface area contributed by atoms with E-state index in [2.05, 4.69) is 43.0 Å². The molecule has 14 atom stereocenters. The summed E-state index contributed by atoms with van der Waals surface area (Å²) in [5.74, 6) is 0. The number of methoxy groups -OCH3 is 1. The molecule has 0 saturated carbocycles. The third kappa shape index (κ3) is 6.52. The van der Waals surface area contributed by atoms with Gasteiger partial charge in [-0.05, 0) is 29.7 Å². The van der Waals surface area contributed by atoms with Crippen molar-refractivity contribution in [2.75, 3.05) is 13.7 Å². The summed E-state index contributed by atoms with van der Waals surface area (Å²) in [5, 5.41) is 14.0. The van der Waals surface area contributed by atoms with E-state index < -0.39 is 24.6 Å².